The van der Waals surface area contributed by atoms with Crippen molar-refractivity contribution in [1.29, 1.82) is 0 Å². The molecule has 7 rings (SSSR count). The minimum absolute atomic E-state index is 0. The van der Waals surface area contributed by atoms with Gasteiger partial charge in [-0.2, -0.15) is 18.3 Å². The van der Waals surface area contributed by atoms with E-state index in [1.165, 1.54) is 46.0 Å². The van der Waals surface area contributed by atoms with E-state index in [4.69, 9.17) is 10.4 Å². The van der Waals surface area contributed by atoms with E-state index in [1.807, 2.05) is 30.5 Å². The number of hydrogen-bond acceptors (Lipinski definition) is 8. The second-order valence-electron chi connectivity index (χ2n) is 13.3. The van der Waals surface area contributed by atoms with Crippen LogP contribution in [0.3, 0.4) is 0 Å². The van der Waals surface area contributed by atoms with Crippen LogP contribution in [0, 0.1) is 18.8 Å². The summed E-state index contributed by atoms with van der Waals surface area (Å²) in [6, 6.07) is 23.2. The van der Waals surface area contributed by atoms with Crippen molar-refractivity contribution in [2.45, 2.75) is 78.8 Å². The average molecular weight is 947 g/mol. The van der Waals surface area contributed by atoms with Crippen LogP contribution in [0.4, 0.5) is 13.2 Å². The van der Waals surface area contributed by atoms with Crippen LogP contribution in [0.1, 0.15) is 84.2 Å². The van der Waals surface area contributed by atoms with E-state index in [-0.39, 0.29) is 25.2 Å². The number of aryl methyl sites for hydroxylation is 4. The first-order valence-electron chi connectivity index (χ1n) is 19.2. The van der Waals surface area contributed by atoms with E-state index in [0.29, 0.717) is 5.69 Å². The van der Waals surface area contributed by atoms with E-state index in [2.05, 4.69) is 119 Å². The number of alkyl halides is 3. The molecule has 0 aliphatic rings. The van der Waals surface area contributed by atoms with Crippen LogP contribution in [0.2, 0.25) is 0 Å². The first-order valence-corrected chi connectivity index (χ1v) is 21.3. The van der Waals surface area contributed by atoms with Gasteiger partial charge in [-0.1, -0.05) is 69.8 Å². The number of thiophene rings is 2. The number of rotatable bonds is 11. The van der Waals surface area contributed by atoms with Gasteiger partial charge in [-0.15, -0.1) is 22.7 Å². The van der Waals surface area contributed by atoms with Crippen molar-refractivity contribution < 1.29 is 32.6 Å². The second kappa shape index (κ2) is 23.7. The number of unbranched alkanes of at least 4 members (excludes halogenated alkanes) is 3. The predicted octanol–water partition coefficient (Wildman–Crippen LogP) is 12.7. The van der Waals surface area contributed by atoms with Crippen LogP contribution in [-0.2, 0) is 44.9 Å². The molecule has 60 heavy (non-hydrogen) atoms. The Morgan fingerprint density at radius 1 is 0.750 bits per heavy atom. The Morgan fingerprint density at radius 3 is 2.07 bits per heavy atom. The van der Waals surface area contributed by atoms with Gasteiger partial charge in [0.25, 0.3) is 0 Å². The molecule has 0 fully saturated rings. The fourth-order valence-electron chi connectivity index (χ4n) is 5.97. The van der Waals surface area contributed by atoms with E-state index in [1.54, 1.807) is 41.1 Å². The Bertz CT molecular complexity index is 2540. The molecule has 308 valence electrons. The molecule has 0 aromatic carbocycles. The predicted molar refractivity (Wildman–Crippen MR) is 237 cm³/mol. The van der Waals surface area contributed by atoms with Crippen LogP contribution in [-0.4, -0.2) is 30.2 Å². The van der Waals surface area contributed by atoms with Crippen LogP contribution in [0.15, 0.2) is 96.8 Å². The summed E-state index contributed by atoms with van der Waals surface area (Å²) >= 11 is 7.04. The smallest absolute Gasteiger partial charge is 0.753 e. The quantitative estimate of drug-likeness (QED) is 0.0418. The maximum atomic E-state index is 12.7. The van der Waals surface area contributed by atoms with Gasteiger partial charge in [0, 0.05) is 33.9 Å². The van der Waals surface area contributed by atoms with Gasteiger partial charge < -0.3 is 15.6 Å². The van der Waals surface area contributed by atoms with Gasteiger partial charge in [-0.25, -0.2) is 4.98 Å². The Kier molecular flexibility index (Phi) is 18.8. The van der Waals surface area contributed by atoms with E-state index in [9.17, 15) is 13.2 Å². The SMILES string of the molecule is CCCCCCc1ccsc1-c1ccnc(-c2cc(C(F)(F)F)n[n-]2)c1.CCc1ccnc(-c2cc(CC)cc(-c3cc(C#Cc4ccc(C)s4)ccn3)n2)c1.[N-]=C=S.[Ru+2]. The zero-order valence-electron chi connectivity index (χ0n) is 33.5. The molecule has 0 spiro atoms. The van der Waals surface area contributed by atoms with E-state index >= 15 is 0 Å². The van der Waals surface area contributed by atoms with Crippen molar-refractivity contribution in [2.75, 3.05) is 0 Å². The van der Waals surface area contributed by atoms with Gasteiger partial charge >= 0.3 is 25.7 Å². The number of pyridine rings is 4. The summed E-state index contributed by atoms with van der Waals surface area (Å²) < 4.78 is 38.2. The normalized spacial score (nSPS) is 10.5. The van der Waals surface area contributed by atoms with Gasteiger partial charge in [0.15, 0.2) is 0 Å². The molecular formula is C46H42F3N7RuS3. The summed E-state index contributed by atoms with van der Waals surface area (Å²) in [5.41, 5.74) is 8.62. The van der Waals surface area contributed by atoms with Gasteiger partial charge in [-0.05, 0) is 133 Å². The summed E-state index contributed by atoms with van der Waals surface area (Å²) in [6.07, 6.45) is 8.44. The number of nitrogens with zero attached hydrogens (tertiary/aromatic N) is 7. The maximum Gasteiger partial charge on any atom is 2.00 e. The topological polar surface area (TPSA) is 101 Å². The Labute approximate surface area is 375 Å². The first-order chi connectivity index (χ1) is 28.5. The molecule has 0 aliphatic carbocycles. The van der Waals surface area contributed by atoms with Gasteiger partial charge in [0.2, 0.25) is 0 Å². The zero-order chi connectivity index (χ0) is 42.2. The van der Waals surface area contributed by atoms with Crippen LogP contribution in [0.25, 0.3) is 50.0 Å². The molecule has 0 unspecified atom stereocenters. The van der Waals surface area contributed by atoms with Crippen molar-refractivity contribution in [3.8, 4) is 56.4 Å². The summed E-state index contributed by atoms with van der Waals surface area (Å²) in [6.45, 7) is 8.58. The number of hydrogen-bond donors (Lipinski definition) is 0. The number of thiocarbonyl (C=S) groups is 1. The molecule has 7 aromatic rings. The Balaban J connectivity index is 0.000000247. The van der Waals surface area contributed by atoms with Gasteiger partial charge in [0.1, 0.15) is 5.69 Å². The molecule has 14 heteroatoms. The molecule has 0 saturated heterocycles. The minimum Gasteiger partial charge on any atom is -0.753 e. The minimum atomic E-state index is -4.50. The largest absolute Gasteiger partial charge is 2.00 e. The van der Waals surface area contributed by atoms with E-state index in [0.717, 1.165) is 75.4 Å². The van der Waals surface area contributed by atoms with Crippen molar-refractivity contribution in [3.63, 3.8) is 0 Å². The third-order valence-electron chi connectivity index (χ3n) is 9.04. The van der Waals surface area contributed by atoms with Crippen LogP contribution < -0.4 is 5.10 Å². The van der Waals surface area contributed by atoms with Crippen molar-refractivity contribution in [1.82, 2.24) is 30.1 Å². The average Bonchev–Trinajstić information content (AvgIpc) is 4.04. The molecule has 7 nitrogen and oxygen atoms in total. The maximum absolute atomic E-state index is 12.7. The molecule has 0 N–H and O–H groups in total. The van der Waals surface area contributed by atoms with E-state index < -0.39 is 11.9 Å². The summed E-state index contributed by atoms with van der Waals surface area (Å²) in [7, 11) is 0. The van der Waals surface area contributed by atoms with Crippen molar-refractivity contribution in [3.05, 3.63) is 140 Å². The van der Waals surface area contributed by atoms with Gasteiger partial charge in [-0.3, -0.25) is 15.0 Å². The summed E-state index contributed by atoms with van der Waals surface area (Å²) in [5, 5.41) is 17.4. The Hall–Kier alpha value is -5.02. The number of halogens is 3. The fraction of sp³-hybridized carbons (Fsp3) is 0.261. The fourth-order valence-corrected chi connectivity index (χ4v) is 7.64. The molecule has 7 heterocycles. The standard InChI is InChI=1S/C26H23N3S.C19H19F3N3S.CNS.Ru/c1-4-19-10-12-27-23(14-19)25-15-20(5-2)16-26(29-25)24-17-21(11-13-28-24)7-9-22-8-6-18(3)30-22;1-2-3-4-5-6-13-8-10-26-18(13)14-7-9-23-15(11-14)16-12-17(25-24-16)19(20,21)22;2-1-3;/h6,8,10-17H,4-5H2,1-3H3;7-12H,2-6H2,1H3;;/q;2*-1;+2. The number of aromatic nitrogens is 6. The molecule has 0 amide bonds. The molecule has 7 aromatic heterocycles. The van der Waals surface area contributed by atoms with Crippen molar-refractivity contribution in [2.24, 2.45) is 0 Å². The molecule has 0 atom stereocenters. The number of isothiocyanates is 1. The monoisotopic (exact) mass is 947 g/mol. The summed E-state index contributed by atoms with van der Waals surface area (Å²) in [5.74, 6) is 6.50. The first kappa shape index (κ1) is 47.7. The zero-order valence-corrected chi connectivity index (χ0v) is 37.7. The summed E-state index contributed by atoms with van der Waals surface area (Å²) in [4.78, 5) is 21.6. The third kappa shape index (κ3) is 13.8. The van der Waals surface area contributed by atoms with Gasteiger partial charge in [0.05, 0.1) is 33.3 Å². The molecule has 0 aliphatic heterocycles. The second-order valence-corrected chi connectivity index (χ2v) is 15.7. The molecule has 0 bridgehead atoms. The van der Waals surface area contributed by atoms with Crippen LogP contribution in [0.5, 0.6) is 0 Å². The Morgan fingerprint density at radius 2 is 1.42 bits per heavy atom. The third-order valence-corrected chi connectivity index (χ3v) is 11.0. The molecular weight excluding hydrogens is 905 g/mol. The van der Waals surface area contributed by atoms with Crippen LogP contribution >= 0.6 is 34.9 Å². The molecule has 0 saturated carbocycles. The molecule has 0 radical (unpaired) electrons. The van der Waals surface area contributed by atoms with Crippen molar-refractivity contribution >= 4 is 40.1 Å².